The van der Waals surface area contributed by atoms with E-state index in [0.717, 1.165) is 6.42 Å². The summed E-state index contributed by atoms with van der Waals surface area (Å²) in [6.45, 7) is 4.18. The average molecular weight is 167 g/mol. The zero-order valence-corrected chi connectivity index (χ0v) is 7.39. The first kappa shape index (κ1) is 8.97. The van der Waals surface area contributed by atoms with E-state index in [1.165, 1.54) is 6.08 Å². The molecular formula is C9H13NO2. The molecule has 66 valence electrons. The van der Waals surface area contributed by atoms with Crippen molar-refractivity contribution in [2.45, 2.75) is 26.7 Å². The molecule has 0 spiro atoms. The van der Waals surface area contributed by atoms with Gasteiger partial charge in [-0.15, -0.1) is 0 Å². The molecule has 0 bridgehead atoms. The van der Waals surface area contributed by atoms with Crippen molar-refractivity contribution in [3.63, 3.8) is 0 Å². The molecule has 0 unspecified atom stereocenters. The van der Waals surface area contributed by atoms with Crippen molar-refractivity contribution in [3.05, 3.63) is 11.6 Å². The zero-order valence-electron chi connectivity index (χ0n) is 7.39. The van der Waals surface area contributed by atoms with Crippen LogP contribution in [0.5, 0.6) is 0 Å². The highest BCUT2D eigenvalue weighted by Crippen LogP contribution is 2.14. The van der Waals surface area contributed by atoms with Gasteiger partial charge in [0.15, 0.2) is 0 Å². The first-order valence-electron chi connectivity index (χ1n) is 4.15. The molecule has 0 aromatic rings. The van der Waals surface area contributed by atoms with Crippen LogP contribution in [0.25, 0.3) is 0 Å². The molecule has 1 rings (SSSR count). The lowest BCUT2D eigenvalue weighted by Gasteiger charge is -2.02. The average Bonchev–Trinajstić information content (AvgIpc) is 2.26. The Hall–Kier alpha value is -1.12. The Morgan fingerprint density at radius 1 is 1.42 bits per heavy atom. The molecule has 1 aliphatic rings. The van der Waals surface area contributed by atoms with Crippen LogP contribution in [-0.2, 0) is 9.59 Å². The van der Waals surface area contributed by atoms with E-state index in [2.05, 4.69) is 19.2 Å². The Balaban J connectivity index is 2.47. The summed E-state index contributed by atoms with van der Waals surface area (Å²) in [5, 5.41) is 2.22. The van der Waals surface area contributed by atoms with Crippen molar-refractivity contribution in [1.29, 1.82) is 0 Å². The molecule has 3 nitrogen and oxygen atoms in total. The van der Waals surface area contributed by atoms with E-state index < -0.39 is 0 Å². The summed E-state index contributed by atoms with van der Waals surface area (Å²) in [6, 6.07) is 0. The Morgan fingerprint density at radius 3 is 2.50 bits per heavy atom. The standard InChI is InChI=1S/C9H13NO2/c1-6(2)3-4-7-5-8(11)10-9(7)12/h5-6H,3-4H2,1-2H3,(H,10,11,12). The lowest BCUT2D eigenvalue weighted by atomic mass is 10.0. The maximum absolute atomic E-state index is 11.0. The highest BCUT2D eigenvalue weighted by molar-refractivity contribution is 6.16. The van der Waals surface area contributed by atoms with Crippen molar-refractivity contribution in [2.24, 2.45) is 5.92 Å². The number of hydrogen-bond donors (Lipinski definition) is 1. The second kappa shape index (κ2) is 3.52. The SMILES string of the molecule is CC(C)CCC1=CC(=O)NC1=O. The maximum Gasteiger partial charge on any atom is 0.254 e. The molecule has 0 aromatic carbocycles. The van der Waals surface area contributed by atoms with Crippen LogP contribution in [0, 0.1) is 5.92 Å². The number of carbonyl (C=O) groups is 2. The van der Waals surface area contributed by atoms with Crippen LogP contribution in [0.4, 0.5) is 0 Å². The van der Waals surface area contributed by atoms with Gasteiger partial charge >= 0.3 is 0 Å². The van der Waals surface area contributed by atoms with Crippen LogP contribution < -0.4 is 5.32 Å². The molecule has 0 aromatic heterocycles. The van der Waals surface area contributed by atoms with Crippen LogP contribution in [0.2, 0.25) is 0 Å². The van der Waals surface area contributed by atoms with Gasteiger partial charge in [-0.3, -0.25) is 14.9 Å². The van der Waals surface area contributed by atoms with E-state index in [4.69, 9.17) is 0 Å². The Bertz CT molecular complexity index is 241. The van der Waals surface area contributed by atoms with Crippen LogP contribution in [0.15, 0.2) is 11.6 Å². The summed E-state index contributed by atoms with van der Waals surface area (Å²) >= 11 is 0. The molecule has 1 aliphatic heterocycles. The third-order valence-electron chi connectivity index (χ3n) is 1.82. The van der Waals surface area contributed by atoms with Crippen LogP contribution in [0.3, 0.4) is 0 Å². The highest BCUT2D eigenvalue weighted by Gasteiger charge is 2.19. The van der Waals surface area contributed by atoms with E-state index >= 15 is 0 Å². The summed E-state index contributed by atoms with van der Waals surface area (Å²) in [4.78, 5) is 21.7. The van der Waals surface area contributed by atoms with Crippen molar-refractivity contribution >= 4 is 11.8 Å². The molecule has 0 saturated heterocycles. The molecule has 1 N–H and O–H groups in total. The topological polar surface area (TPSA) is 46.2 Å². The van der Waals surface area contributed by atoms with E-state index in [0.29, 0.717) is 17.9 Å². The zero-order chi connectivity index (χ0) is 9.14. The van der Waals surface area contributed by atoms with Crippen molar-refractivity contribution in [2.75, 3.05) is 0 Å². The van der Waals surface area contributed by atoms with E-state index in [-0.39, 0.29) is 11.8 Å². The minimum absolute atomic E-state index is 0.222. The molecular weight excluding hydrogens is 154 g/mol. The summed E-state index contributed by atoms with van der Waals surface area (Å²) in [7, 11) is 0. The van der Waals surface area contributed by atoms with E-state index in [9.17, 15) is 9.59 Å². The Morgan fingerprint density at radius 2 is 2.08 bits per heavy atom. The number of carbonyl (C=O) groups excluding carboxylic acids is 2. The Kier molecular flexibility index (Phi) is 2.63. The van der Waals surface area contributed by atoms with Gasteiger partial charge in [0.25, 0.3) is 11.8 Å². The minimum Gasteiger partial charge on any atom is -0.289 e. The van der Waals surface area contributed by atoms with Crippen molar-refractivity contribution in [3.8, 4) is 0 Å². The molecule has 0 aliphatic carbocycles. The number of nitrogens with one attached hydrogen (secondary N) is 1. The summed E-state index contributed by atoms with van der Waals surface area (Å²) in [5.74, 6) is 0.0637. The van der Waals surface area contributed by atoms with Crippen molar-refractivity contribution < 1.29 is 9.59 Å². The first-order valence-corrected chi connectivity index (χ1v) is 4.15. The van der Waals surface area contributed by atoms with Gasteiger partial charge in [0, 0.05) is 11.6 Å². The van der Waals surface area contributed by atoms with Gasteiger partial charge in [0.05, 0.1) is 0 Å². The Labute approximate surface area is 71.8 Å². The summed E-state index contributed by atoms with van der Waals surface area (Å²) in [5.41, 5.74) is 0.619. The van der Waals surface area contributed by atoms with E-state index in [1.807, 2.05) is 0 Å². The fraction of sp³-hybridized carbons (Fsp3) is 0.556. The fourth-order valence-corrected chi connectivity index (χ4v) is 1.08. The highest BCUT2D eigenvalue weighted by atomic mass is 16.2. The van der Waals surface area contributed by atoms with Gasteiger partial charge in [0.2, 0.25) is 0 Å². The molecule has 3 heteroatoms. The second-order valence-electron chi connectivity index (χ2n) is 3.42. The largest absolute Gasteiger partial charge is 0.289 e. The number of amides is 2. The van der Waals surface area contributed by atoms with Gasteiger partial charge < -0.3 is 0 Å². The first-order chi connectivity index (χ1) is 5.59. The lowest BCUT2D eigenvalue weighted by Crippen LogP contribution is -2.22. The number of imide groups is 1. The maximum atomic E-state index is 11.0. The summed E-state index contributed by atoms with van der Waals surface area (Å²) < 4.78 is 0. The molecule has 0 radical (unpaired) electrons. The number of hydrogen-bond acceptors (Lipinski definition) is 2. The van der Waals surface area contributed by atoms with Gasteiger partial charge in [-0.05, 0) is 18.8 Å². The second-order valence-corrected chi connectivity index (χ2v) is 3.42. The van der Waals surface area contributed by atoms with Gasteiger partial charge in [-0.25, -0.2) is 0 Å². The molecule has 0 saturated carbocycles. The molecule has 1 heterocycles. The smallest absolute Gasteiger partial charge is 0.254 e. The summed E-state index contributed by atoms with van der Waals surface area (Å²) in [6.07, 6.45) is 3.05. The predicted molar refractivity (Wildman–Crippen MR) is 45.3 cm³/mol. The van der Waals surface area contributed by atoms with Crippen molar-refractivity contribution in [1.82, 2.24) is 5.32 Å². The monoisotopic (exact) mass is 167 g/mol. The number of rotatable bonds is 3. The normalized spacial score (nSPS) is 16.8. The van der Waals surface area contributed by atoms with Gasteiger partial charge in [-0.1, -0.05) is 13.8 Å². The van der Waals surface area contributed by atoms with Gasteiger partial charge in [0.1, 0.15) is 0 Å². The minimum atomic E-state index is -0.279. The fourth-order valence-electron chi connectivity index (χ4n) is 1.08. The van der Waals surface area contributed by atoms with Crippen LogP contribution in [-0.4, -0.2) is 11.8 Å². The molecule has 0 atom stereocenters. The lowest BCUT2D eigenvalue weighted by molar-refractivity contribution is -0.123. The predicted octanol–water partition coefficient (Wildman–Crippen LogP) is 1.01. The third kappa shape index (κ3) is 2.19. The molecule has 2 amide bonds. The quantitative estimate of drug-likeness (QED) is 0.637. The van der Waals surface area contributed by atoms with Crippen LogP contribution >= 0.6 is 0 Å². The molecule has 0 fully saturated rings. The third-order valence-corrected chi connectivity index (χ3v) is 1.82. The van der Waals surface area contributed by atoms with Crippen LogP contribution in [0.1, 0.15) is 26.7 Å². The van der Waals surface area contributed by atoms with Gasteiger partial charge in [-0.2, -0.15) is 0 Å². The van der Waals surface area contributed by atoms with E-state index in [1.54, 1.807) is 0 Å². The molecule has 12 heavy (non-hydrogen) atoms.